The van der Waals surface area contributed by atoms with E-state index >= 15 is 0 Å². The van der Waals surface area contributed by atoms with E-state index in [-0.39, 0.29) is 32.5 Å². The van der Waals surface area contributed by atoms with Gasteiger partial charge in [0.1, 0.15) is 27.3 Å². The van der Waals surface area contributed by atoms with Crippen LogP contribution in [0.25, 0.3) is 6.08 Å². The molecule has 9 nitrogen and oxygen atoms in total. The van der Waals surface area contributed by atoms with Crippen molar-refractivity contribution < 1.29 is 22.3 Å². The first-order chi connectivity index (χ1) is 16.1. The smallest absolute Gasteiger partial charge is 0.339 e. The average Bonchev–Trinajstić information content (AvgIpc) is 2.79. The van der Waals surface area contributed by atoms with Crippen LogP contribution in [0.5, 0.6) is 5.75 Å². The summed E-state index contributed by atoms with van der Waals surface area (Å²) in [5.74, 6) is -0.957. The summed E-state index contributed by atoms with van der Waals surface area (Å²) in [7, 11) is -4.17. The summed E-state index contributed by atoms with van der Waals surface area (Å²) in [6.45, 7) is 1.81. The molecule has 0 unspecified atom stereocenters. The number of anilines is 1. The van der Waals surface area contributed by atoms with Crippen LogP contribution in [0.15, 0.2) is 77.2 Å². The summed E-state index contributed by atoms with van der Waals surface area (Å²) in [5, 5.41) is 22.8. The molecule has 0 bridgehead atoms. The fourth-order valence-electron chi connectivity index (χ4n) is 2.78. The molecule has 0 fully saturated rings. The minimum atomic E-state index is -4.17. The summed E-state index contributed by atoms with van der Waals surface area (Å²) in [5.41, 5.74) is 0.280. The average molecular weight is 498 g/mol. The number of halogens is 1. The van der Waals surface area contributed by atoms with Gasteiger partial charge in [0, 0.05) is 17.3 Å². The van der Waals surface area contributed by atoms with E-state index in [4.69, 9.17) is 15.8 Å². The van der Waals surface area contributed by atoms with Crippen LogP contribution in [0.3, 0.4) is 0 Å². The van der Waals surface area contributed by atoms with Crippen LogP contribution in [0.4, 0.5) is 11.4 Å². The highest BCUT2D eigenvalue weighted by Gasteiger charge is 2.19. The number of carbonyl (C=O) groups is 1. The van der Waals surface area contributed by atoms with Crippen molar-refractivity contribution >= 4 is 45.1 Å². The standard InChI is InChI=1S/C23H16ClN3O6S/c1-15-6-9-19(10-7-15)34(31,32)33-22-5-3-2-4-16(22)12-17(14-25)23(28)26-18-8-11-20(24)21(13-18)27(29)30/h2-13H,1H3,(H,26,28)/b17-12+. The second-order valence-corrected chi connectivity index (χ2v) is 8.89. The summed E-state index contributed by atoms with van der Waals surface area (Å²) < 4.78 is 30.6. The van der Waals surface area contributed by atoms with E-state index < -0.39 is 26.6 Å². The van der Waals surface area contributed by atoms with E-state index in [9.17, 15) is 28.6 Å². The maximum atomic E-state index is 12.7. The number of nitrogens with one attached hydrogen (secondary N) is 1. The number of nitriles is 1. The third kappa shape index (κ3) is 5.78. The van der Waals surface area contributed by atoms with Gasteiger partial charge in [0.2, 0.25) is 0 Å². The van der Waals surface area contributed by atoms with Gasteiger partial charge in [-0.05, 0) is 43.3 Å². The number of nitrogens with zero attached hydrogens (tertiary/aromatic N) is 2. The van der Waals surface area contributed by atoms with Gasteiger partial charge in [0.25, 0.3) is 11.6 Å². The predicted octanol–water partition coefficient (Wildman–Crippen LogP) is 4.87. The SMILES string of the molecule is Cc1ccc(S(=O)(=O)Oc2ccccc2/C=C(\C#N)C(=O)Nc2ccc(Cl)c([N+](=O)[O-])c2)cc1. The number of carbonyl (C=O) groups excluding carboxylic acids is 1. The molecule has 11 heteroatoms. The van der Waals surface area contributed by atoms with Crippen LogP contribution < -0.4 is 9.50 Å². The number of nitro groups is 1. The van der Waals surface area contributed by atoms with Gasteiger partial charge in [-0.15, -0.1) is 0 Å². The zero-order valence-electron chi connectivity index (χ0n) is 17.6. The van der Waals surface area contributed by atoms with Crippen LogP contribution in [-0.4, -0.2) is 19.2 Å². The number of rotatable bonds is 7. The van der Waals surface area contributed by atoms with Gasteiger partial charge in [-0.1, -0.05) is 47.5 Å². The van der Waals surface area contributed by atoms with Gasteiger partial charge in [0.15, 0.2) is 0 Å². The molecule has 1 N–H and O–H groups in total. The second kappa shape index (κ2) is 10.2. The van der Waals surface area contributed by atoms with Crippen LogP contribution in [0.2, 0.25) is 5.02 Å². The minimum Gasteiger partial charge on any atom is -0.378 e. The Hall–Kier alpha value is -4.20. The highest BCUT2D eigenvalue weighted by molar-refractivity contribution is 7.87. The first kappa shape index (κ1) is 24.4. The van der Waals surface area contributed by atoms with E-state index in [1.165, 1.54) is 42.5 Å². The van der Waals surface area contributed by atoms with Crippen molar-refractivity contribution in [2.75, 3.05) is 5.32 Å². The number of nitro benzene ring substituents is 1. The summed E-state index contributed by atoms with van der Waals surface area (Å²) >= 11 is 5.77. The molecule has 0 aliphatic rings. The molecule has 0 saturated heterocycles. The third-order valence-corrected chi connectivity index (χ3v) is 6.06. The molecule has 0 aliphatic heterocycles. The Balaban J connectivity index is 1.89. The molecular weight excluding hydrogens is 482 g/mol. The maximum absolute atomic E-state index is 12.7. The Morgan fingerprint density at radius 2 is 1.82 bits per heavy atom. The van der Waals surface area contributed by atoms with Crippen molar-refractivity contribution in [3.63, 3.8) is 0 Å². The van der Waals surface area contributed by atoms with Crippen molar-refractivity contribution in [3.8, 4) is 11.8 Å². The first-order valence-corrected chi connectivity index (χ1v) is 11.4. The molecule has 0 saturated carbocycles. The van der Waals surface area contributed by atoms with Gasteiger partial charge in [-0.25, -0.2) is 0 Å². The van der Waals surface area contributed by atoms with Crippen LogP contribution in [0, 0.1) is 28.4 Å². The number of aryl methyl sites for hydroxylation is 1. The fraction of sp³-hybridized carbons (Fsp3) is 0.0435. The molecule has 0 aromatic heterocycles. The zero-order chi connectivity index (χ0) is 24.9. The number of benzene rings is 3. The number of hydrogen-bond donors (Lipinski definition) is 1. The largest absolute Gasteiger partial charge is 0.378 e. The Morgan fingerprint density at radius 1 is 1.15 bits per heavy atom. The van der Waals surface area contributed by atoms with E-state index in [0.29, 0.717) is 0 Å². The topological polar surface area (TPSA) is 139 Å². The molecule has 1 amide bonds. The summed E-state index contributed by atoms with van der Waals surface area (Å²) in [6.07, 6.45) is 1.15. The second-order valence-electron chi connectivity index (χ2n) is 6.94. The van der Waals surface area contributed by atoms with Crippen molar-refractivity contribution in [1.29, 1.82) is 5.26 Å². The summed E-state index contributed by atoms with van der Waals surface area (Å²) in [4.78, 5) is 22.9. The molecule has 0 aliphatic carbocycles. The van der Waals surface area contributed by atoms with E-state index in [2.05, 4.69) is 5.32 Å². The normalized spacial score (nSPS) is 11.4. The maximum Gasteiger partial charge on any atom is 0.339 e. The van der Waals surface area contributed by atoms with Crippen LogP contribution in [0.1, 0.15) is 11.1 Å². The molecule has 0 atom stereocenters. The summed E-state index contributed by atoms with van der Waals surface area (Å²) in [6, 6.07) is 17.4. The Bertz CT molecular complexity index is 1440. The molecule has 0 heterocycles. The Kier molecular flexibility index (Phi) is 7.31. The zero-order valence-corrected chi connectivity index (χ0v) is 19.1. The monoisotopic (exact) mass is 497 g/mol. The highest BCUT2D eigenvalue weighted by Crippen LogP contribution is 2.28. The first-order valence-electron chi connectivity index (χ1n) is 9.58. The highest BCUT2D eigenvalue weighted by atomic mass is 35.5. The molecular formula is C23H16ClN3O6S. The Morgan fingerprint density at radius 3 is 2.47 bits per heavy atom. The lowest BCUT2D eigenvalue weighted by atomic mass is 10.1. The molecule has 0 spiro atoms. The van der Waals surface area contributed by atoms with E-state index in [1.54, 1.807) is 24.3 Å². The van der Waals surface area contributed by atoms with Crippen molar-refractivity contribution in [3.05, 3.63) is 98.6 Å². The van der Waals surface area contributed by atoms with Crippen LogP contribution >= 0.6 is 11.6 Å². The lowest BCUT2D eigenvalue weighted by molar-refractivity contribution is -0.384. The Labute approximate surface area is 200 Å². The van der Waals surface area contributed by atoms with Crippen molar-refractivity contribution in [2.24, 2.45) is 0 Å². The third-order valence-electron chi connectivity index (χ3n) is 4.49. The fourth-order valence-corrected chi connectivity index (χ4v) is 3.92. The van der Waals surface area contributed by atoms with E-state index in [1.807, 2.05) is 6.92 Å². The quantitative estimate of drug-likeness (QED) is 0.161. The van der Waals surface area contributed by atoms with Gasteiger partial charge in [0.05, 0.1) is 4.92 Å². The lowest BCUT2D eigenvalue weighted by Gasteiger charge is -2.10. The van der Waals surface area contributed by atoms with Crippen LogP contribution in [-0.2, 0) is 14.9 Å². The van der Waals surface area contributed by atoms with Gasteiger partial charge in [-0.3, -0.25) is 14.9 Å². The molecule has 3 aromatic rings. The number of amides is 1. The van der Waals surface area contributed by atoms with Gasteiger partial charge in [-0.2, -0.15) is 13.7 Å². The van der Waals surface area contributed by atoms with Gasteiger partial charge < -0.3 is 9.50 Å². The molecule has 34 heavy (non-hydrogen) atoms. The van der Waals surface area contributed by atoms with Gasteiger partial charge >= 0.3 is 10.1 Å². The molecule has 172 valence electrons. The lowest BCUT2D eigenvalue weighted by Crippen LogP contribution is -2.14. The van der Waals surface area contributed by atoms with Crippen molar-refractivity contribution in [1.82, 2.24) is 0 Å². The van der Waals surface area contributed by atoms with Crippen molar-refractivity contribution in [2.45, 2.75) is 11.8 Å². The molecule has 0 radical (unpaired) electrons. The number of hydrogen-bond acceptors (Lipinski definition) is 7. The molecule has 3 rings (SSSR count). The molecule has 3 aromatic carbocycles. The number of para-hydroxylation sites is 1. The predicted molar refractivity (Wildman–Crippen MR) is 126 cm³/mol. The van der Waals surface area contributed by atoms with E-state index in [0.717, 1.165) is 17.7 Å². The minimum absolute atomic E-state index is 0.0498.